The van der Waals surface area contributed by atoms with E-state index in [0.717, 1.165) is 27.8 Å². The maximum Gasteiger partial charge on any atom is 0.187 e. The van der Waals surface area contributed by atoms with Crippen LogP contribution in [0.3, 0.4) is 0 Å². The number of nitrogens with zero attached hydrogens (tertiary/aromatic N) is 2. The van der Waals surface area contributed by atoms with Gasteiger partial charge in [-0.2, -0.15) is 0 Å². The van der Waals surface area contributed by atoms with Crippen molar-refractivity contribution in [2.45, 2.75) is 0 Å². The van der Waals surface area contributed by atoms with E-state index >= 15 is 0 Å². The van der Waals surface area contributed by atoms with E-state index in [1.54, 1.807) is 11.3 Å². The van der Waals surface area contributed by atoms with Crippen LogP contribution < -0.4 is 16.0 Å². The monoisotopic (exact) mass is 310 g/mol. The van der Waals surface area contributed by atoms with E-state index in [1.165, 1.54) is 5.69 Å². The second kappa shape index (κ2) is 6.07. The number of nitrogens with two attached hydrogens (primary N) is 1. The Balaban J connectivity index is 1.75. The fraction of sp³-hybridized carbons (Fsp3) is 0.118. The predicted octanol–water partition coefficient (Wildman–Crippen LogP) is 4.20. The number of thiazole rings is 1. The molecule has 22 heavy (non-hydrogen) atoms. The van der Waals surface area contributed by atoms with Gasteiger partial charge in [0.25, 0.3) is 0 Å². The van der Waals surface area contributed by atoms with Crippen molar-refractivity contribution in [3.05, 3.63) is 53.9 Å². The average molecular weight is 310 g/mol. The third-order valence-electron chi connectivity index (χ3n) is 3.35. The zero-order chi connectivity index (χ0) is 15.5. The highest BCUT2D eigenvalue weighted by Gasteiger charge is 2.05. The standard InChI is InChI=1S/C17H18N4S/c1-21(2)15-9-7-14(8-10-15)19-17-20-16(11-22-17)12-3-5-13(18)6-4-12/h3-11H,18H2,1-2H3,(H,19,20). The number of benzene rings is 2. The summed E-state index contributed by atoms with van der Waals surface area (Å²) >= 11 is 1.59. The van der Waals surface area contributed by atoms with E-state index in [1.807, 2.05) is 43.7 Å². The Morgan fingerprint density at radius 1 is 1.00 bits per heavy atom. The minimum atomic E-state index is 0.762. The van der Waals surface area contributed by atoms with E-state index in [-0.39, 0.29) is 0 Å². The zero-order valence-electron chi connectivity index (χ0n) is 12.6. The van der Waals surface area contributed by atoms with Crippen LogP contribution in [-0.2, 0) is 0 Å². The molecule has 0 aliphatic rings. The summed E-state index contributed by atoms with van der Waals surface area (Å²) in [6.45, 7) is 0. The predicted molar refractivity (Wildman–Crippen MR) is 96.0 cm³/mol. The van der Waals surface area contributed by atoms with Crippen molar-refractivity contribution in [2.75, 3.05) is 30.0 Å². The summed E-state index contributed by atoms with van der Waals surface area (Å²) < 4.78 is 0. The third kappa shape index (κ3) is 3.20. The Kier molecular flexibility index (Phi) is 3.98. The molecule has 0 saturated carbocycles. The minimum absolute atomic E-state index is 0.762. The first-order valence-corrected chi connectivity index (χ1v) is 7.85. The van der Waals surface area contributed by atoms with Crippen LogP contribution in [0.2, 0.25) is 0 Å². The number of hydrogen-bond donors (Lipinski definition) is 2. The van der Waals surface area contributed by atoms with Crippen LogP contribution in [0, 0.1) is 0 Å². The van der Waals surface area contributed by atoms with Crippen molar-refractivity contribution in [1.82, 2.24) is 4.98 Å². The van der Waals surface area contributed by atoms with E-state index in [4.69, 9.17) is 5.73 Å². The average Bonchev–Trinajstić information content (AvgIpc) is 2.97. The van der Waals surface area contributed by atoms with E-state index < -0.39 is 0 Å². The summed E-state index contributed by atoms with van der Waals surface area (Å²) in [5, 5.41) is 6.26. The summed E-state index contributed by atoms with van der Waals surface area (Å²) in [4.78, 5) is 6.69. The van der Waals surface area contributed by atoms with Crippen molar-refractivity contribution < 1.29 is 0 Å². The molecule has 0 saturated heterocycles. The summed E-state index contributed by atoms with van der Waals surface area (Å²) in [7, 11) is 4.06. The normalized spacial score (nSPS) is 10.5. The second-order valence-electron chi connectivity index (χ2n) is 5.23. The van der Waals surface area contributed by atoms with Gasteiger partial charge < -0.3 is 16.0 Å². The van der Waals surface area contributed by atoms with Gasteiger partial charge in [-0.25, -0.2) is 4.98 Å². The molecule has 1 aromatic heterocycles. The summed E-state index contributed by atoms with van der Waals surface area (Å²) in [6, 6.07) is 16.0. The molecule has 3 aromatic rings. The Bertz CT molecular complexity index is 745. The SMILES string of the molecule is CN(C)c1ccc(Nc2nc(-c3ccc(N)cc3)cs2)cc1. The molecular formula is C17H18N4S. The Morgan fingerprint density at radius 3 is 2.32 bits per heavy atom. The Labute approximate surface area is 134 Å². The van der Waals surface area contributed by atoms with Gasteiger partial charge >= 0.3 is 0 Å². The molecule has 5 heteroatoms. The smallest absolute Gasteiger partial charge is 0.187 e. The number of rotatable bonds is 4. The molecule has 112 valence electrons. The Hall–Kier alpha value is -2.53. The molecule has 0 bridgehead atoms. The minimum Gasteiger partial charge on any atom is -0.399 e. The van der Waals surface area contributed by atoms with Gasteiger partial charge in [-0.1, -0.05) is 12.1 Å². The van der Waals surface area contributed by atoms with Gasteiger partial charge in [-0.05, 0) is 36.4 Å². The van der Waals surface area contributed by atoms with Crippen molar-refractivity contribution in [3.8, 4) is 11.3 Å². The number of anilines is 4. The topological polar surface area (TPSA) is 54.2 Å². The lowest BCUT2D eigenvalue weighted by atomic mass is 10.1. The van der Waals surface area contributed by atoms with Gasteiger partial charge in [0.15, 0.2) is 5.13 Å². The molecule has 0 unspecified atom stereocenters. The molecular weight excluding hydrogens is 292 g/mol. The fourth-order valence-electron chi connectivity index (χ4n) is 2.08. The first-order chi connectivity index (χ1) is 10.6. The van der Waals surface area contributed by atoms with Crippen molar-refractivity contribution in [2.24, 2.45) is 0 Å². The molecule has 0 radical (unpaired) electrons. The maximum absolute atomic E-state index is 5.71. The molecule has 1 heterocycles. The fourth-order valence-corrected chi connectivity index (χ4v) is 2.82. The van der Waals surface area contributed by atoms with Crippen LogP contribution in [-0.4, -0.2) is 19.1 Å². The molecule has 4 nitrogen and oxygen atoms in total. The highest BCUT2D eigenvalue weighted by atomic mass is 32.1. The largest absolute Gasteiger partial charge is 0.399 e. The van der Waals surface area contributed by atoms with Gasteiger partial charge in [0.05, 0.1) is 5.69 Å². The maximum atomic E-state index is 5.71. The van der Waals surface area contributed by atoms with Crippen LogP contribution in [0.15, 0.2) is 53.9 Å². The van der Waals surface area contributed by atoms with Crippen molar-refractivity contribution in [1.29, 1.82) is 0 Å². The lowest BCUT2D eigenvalue weighted by molar-refractivity contribution is 1.13. The number of nitrogen functional groups attached to an aromatic ring is 1. The summed E-state index contributed by atoms with van der Waals surface area (Å²) in [6.07, 6.45) is 0. The highest BCUT2D eigenvalue weighted by molar-refractivity contribution is 7.14. The van der Waals surface area contributed by atoms with Gasteiger partial charge in [0.2, 0.25) is 0 Å². The second-order valence-corrected chi connectivity index (χ2v) is 6.08. The van der Waals surface area contributed by atoms with E-state index in [9.17, 15) is 0 Å². The van der Waals surface area contributed by atoms with Gasteiger partial charge in [0, 0.05) is 42.1 Å². The van der Waals surface area contributed by atoms with Crippen LogP contribution in [0.5, 0.6) is 0 Å². The lowest BCUT2D eigenvalue weighted by Gasteiger charge is -2.12. The first-order valence-electron chi connectivity index (χ1n) is 6.98. The quantitative estimate of drug-likeness (QED) is 0.709. The molecule has 3 N–H and O–H groups in total. The highest BCUT2D eigenvalue weighted by Crippen LogP contribution is 2.28. The van der Waals surface area contributed by atoms with Gasteiger partial charge in [-0.3, -0.25) is 0 Å². The van der Waals surface area contributed by atoms with Crippen LogP contribution in [0.4, 0.5) is 22.2 Å². The summed E-state index contributed by atoms with van der Waals surface area (Å²) in [5.41, 5.74) is 10.7. The Morgan fingerprint density at radius 2 is 1.68 bits per heavy atom. The summed E-state index contributed by atoms with van der Waals surface area (Å²) in [5.74, 6) is 0. The van der Waals surface area contributed by atoms with Crippen LogP contribution >= 0.6 is 11.3 Å². The number of aromatic nitrogens is 1. The van der Waals surface area contributed by atoms with Crippen LogP contribution in [0.25, 0.3) is 11.3 Å². The molecule has 0 fully saturated rings. The molecule has 0 spiro atoms. The number of hydrogen-bond acceptors (Lipinski definition) is 5. The molecule has 0 aliphatic carbocycles. The van der Waals surface area contributed by atoms with E-state index in [0.29, 0.717) is 0 Å². The lowest BCUT2D eigenvalue weighted by Crippen LogP contribution is -2.08. The van der Waals surface area contributed by atoms with Gasteiger partial charge in [-0.15, -0.1) is 11.3 Å². The molecule has 0 atom stereocenters. The zero-order valence-corrected chi connectivity index (χ0v) is 13.4. The molecule has 0 aliphatic heterocycles. The van der Waals surface area contributed by atoms with Gasteiger partial charge in [0.1, 0.15) is 0 Å². The van der Waals surface area contributed by atoms with E-state index in [2.05, 4.69) is 39.5 Å². The van der Waals surface area contributed by atoms with Crippen LogP contribution in [0.1, 0.15) is 0 Å². The molecule has 0 amide bonds. The first kappa shape index (κ1) is 14.4. The third-order valence-corrected chi connectivity index (χ3v) is 4.10. The van der Waals surface area contributed by atoms with Crippen molar-refractivity contribution in [3.63, 3.8) is 0 Å². The van der Waals surface area contributed by atoms with Crippen molar-refractivity contribution >= 4 is 33.5 Å². The number of nitrogens with one attached hydrogen (secondary N) is 1. The molecule has 2 aromatic carbocycles. The molecule has 3 rings (SSSR count).